The monoisotopic (exact) mass is 264 g/mol. The molecule has 2 heterocycles. The molecule has 1 aromatic heterocycles. The molecule has 1 atom stereocenters. The first-order chi connectivity index (χ1) is 9.20. The molecule has 5 nitrogen and oxygen atoms in total. The van der Waals surface area contributed by atoms with Gasteiger partial charge in [0.25, 0.3) is 0 Å². The summed E-state index contributed by atoms with van der Waals surface area (Å²) in [4.78, 5) is 13.0. The topological polar surface area (TPSA) is 41.5 Å². The van der Waals surface area contributed by atoms with E-state index in [9.17, 15) is 0 Å². The first kappa shape index (κ1) is 14.1. The minimum atomic E-state index is 0.629. The molecule has 5 heteroatoms. The van der Waals surface area contributed by atoms with Gasteiger partial charge in [0, 0.05) is 45.8 Å². The molecule has 1 fully saturated rings. The fourth-order valence-corrected chi connectivity index (χ4v) is 2.33. The van der Waals surface area contributed by atoms with Crippen molar-refractivity contribution in [1.82, 2.24) is 9.97 Å². The van der Waals surface area contributed by atoms with E-state index >= 15 is 0 Å². The van der Waals surface area contributed by atoms with Crippen LogP contribution < -0.4 is 9.80 Å². The Labute approximate surface area is 115 Å². The molecule has 0 aliphatic carbocycles. The van der Waals surface area contributed by atoms with Gasteiger partial charge in [-0.05, 0) is 12.8 Å². The molecule has 1 unspecified atom stereocenters. The Hall–Kier alpha value is -1.36. The van der Waals surface area contributed by atoms with Crippen molar-refractivity contribution in [2.24, 2.45) is 5.92 Å². The lowest BCUT2D eigenvalue weighted by atomic mass is 10.1. The lowest BCUT2D eigenvalue weighted by Gasteiger charge is -2.19. The second-order valence-electron chi connectivity index (χ2n) is 5.30. The Kier molecular flexibility index (Phi) is 4.96. The van der Waals surface area contributed by atoms with Crippen LogP contribution in [-0.2, 0) is 4.74 Å². The molecule has 1 aromatic rings. The highest BCUT2D eigenvalue weighted by Crippen LogP contribution is 2.24. The van der Waals surface area contributed by atoms with E-state index in [-0.39, 0.29) is 0 Å². The molecule has 0 radical (unpaired) electrons. The van der Waals surface area contributed by atoms with Crippen LogP contribution in [-0.4, -0.2) is 50.4 Å². The largest absolute Gasteiger partial charge is 0.381 e. The highest BCUT2D eigenvalue weighted by molar-refractivity contribution is 5.49. The van der Waals surface area contributed by atoms with Crippen LogP contribution in [0, 0.1) is 5.92 Å². The second-order valence-corrected chi connectivity index (χ2v) is 5.30. The Morgan fingerprint density at radius 3 is 3.00 bits per heavy atom. The number of nitrogens with zero attached hydrogens (tertiary/aromatic N) is 4. The molecule has 1 saturated heterocycles. The molecule has 0 N–H and O–H groups in total. The van der Waals surface area contributed by atoms with Gasteiger partial charge in [-0.3, -0.25) is 0 Å². The Morgan fingerprint density at radius 2 is 2.26 bits per heavy atom. The fraction of sp³-hybridized carbons (Fsp3) is 0.714. The van der Waals surface area contributed by atoms with Crippen LogP contribution in [0.5, 0.6) is 0 Å². The molecule has 0 aromatic carbocycles. The molecular weight excluding hydrogens is 240 g/mol. The van der Waals surface area contributed by atoms with Gasteiger partial charge >= 0.3 is 0 Å². The van der Waals surface area contributed by atoms with Crippen LogP contribution in [0.4, 0.5) is 11.6 Å². The Bertz CT molecular complexity index is 397. The maximum Gasteiger partial charge on any atom is 0.134 e. The number of rotatable bonds is 6. The van der Waals surface area contributed by atoms with E-state index in [0.29, 0.717) is 5.92 Å². The van der Waals surface area contributed by atoms with Crippen molar-refractivity contribution in [1.29, 1.82) is 0 Å². The summed E-state index contributed by atoms with van der Waals surface area (Å²) in [5.41, 5.74) is 0. The van der Waals surface area contributed by atoms with Gasteiger partial charge in [0.15, 0.2) is 0 Å². The molecule has 19 heavy (non-hydrogen) atoms. The van der Waals surface area contributed by atoms with Crippen LogP contribution in [0.2, 0.25) is 0 Å². The third-order valence-corrected chi connectivity index (χ3v) is 3.41. The molecule has 2 rings (SSSR count). The van der Waals surface area contributed by atoms with Crippen molar-refractivity contribution >= 4 is 11.6 Å². The summed E-state index contributed by atoms with van der Waals surface area (Å²) in [6.45, 7) is 5.98. The van der Waals surface area contributed by atoms with Crippen molar-refractivity contribution in [3.63, 3.8) is 0 Å². The number of hydrogen-bond donors (Lipinski definition) is 0. The lowest BCUT2D eigenvalue weighted by molar-refractivity contribution is 0.106. The van der Waals surface area contributed by atoms with Crippen molar-refractivity contribution < 1.29 is 4.74 Å². The average molecular weight is 264 g/mol. The average Bonchev–Trinajstić information content (AvgIpc) is 2.88. The molecule has 1 aliphatic heterocycles. The SMILES string of the molecule is CCCOCC1CCN(c2cc(N(C)C)ncn2)C1. The third kappa shape index (κ3) is 3.80. The van der Waals surface area contributed by atoms with Crippen LogP contribution in [0.25, 0.3) is 0 Å². The molecule has 1 aliphatic rings. The van der Waals surface area contributed by atoms with Gasteiger partial charge < -0.3 is 14.5 Å². The minimum absolute atomic E-state index is 0.629. The molecule has 106 valence electrons. The minimum Gasteiger partial charge on any atom is -0.381 e. The summed E-state index contributed by atoms with van der Waals surface area (Å²) in [5, 5.41) is 0. The molecule has 0 amide bonds. The zero-order valence-corrected chi connectivity index (χ0v) is 12.2. The maximum absolute atomic E-state index is 5.65. The standard InChI is InChI=1S/C14H24N4O/c1-4-7-19-10-12-5-6-18(9-12)14-8-13(17(2)3)15-11-16-14/h8,11-12H,4-7,9-10H2,1-3H3. The number of anilines is 2. The smallest absolute Gasteiger partial charge is 0.134 e. The summed E-state index contributed by atoms with van der Waals surface area (Å²) in [7, 11) is 4.00. The molecular formula is C14H24N4O. The van der Waals surface area contributed by atoms with Crippen molar-refractivity contribution in [2.75, 3.05) is 50.2 Å². The number of ether oxygens (including phenoxy) is 1. The summed E-state index contributed by atoms with van der Waals surface area (Å²) in [6.07, 6.45) is 3.92. The van der Waals surface area contributed by atoms with E-state index < -0.39 is 0 Å². The van der Waals surface area contributed by atoms with E-state index in [1.165, 1.54) is 6.42 Å². The van der Waals surface area contributed by atoms with Gasteiger partial charge in [0.1, 0.15) is 18.0 Å². The van der Waals surface area contributed by atoms with Crippen LogP contribution >= 0.6 is 0 Å². The quantitative estimate of drug-likeness (QED) is 0.733. The van der Waals surface area contributed by atoms with E-state index in [1.54, 1.807) is 6.33 Å². The van der Waals surface area contributed by atoms with E-state index in [4.69, 9.17) is 4.74 Å². The first-order valence-electron chi connectivity index (χ1n) is 7.02. The predicted octanol–water partition coefficient (Wildman–Crippen LogP) is 1.80. The second kappa shape index (κ2) is 6.70. The summed E-state index contributed by atoms with van der Waals surface area (Å²) in [6, 6.07) is 2.05. The molecule has 0 saturated carbocycles. The normalized spacial score (nSPS) is 18.9. The number of hydrogen-bond acceptors (Lipinski definition) is 5. The Balaban J connectivity index is 1.91. The predicted molar refractivity (Wildman–Crippen MR) is 77.8 cm³/mol. The van der Waals surface area contributed by atoms with Gasteiger partial charge in [-0.1, -0.05) is 6.92 Å². The first-order valence-corrected chi connectivity index (χ1v) is 7.02. The fourth-order valence-electron chi connectivity index (χ4n) is 2.33. The van der Waals surface area contributed by atoms with Crippen molar-refractivity contribution in [3.05, 3.63) is 12.4 Å². The van der Waals surface area contributed by atoms with Crippen LogP contribution in [0.3, 0.4) is 0 Å². The van der Waals surface area contributed by atoms with E-state index in [0.717, 1.165) is 44.4 Å². The lowest BCUT2D eigenvalue weighted by Crippen LogP contribution is -2.23. The van der Waals surface area contributed by atoms with Gasteiger partial charge in [-0.15, -0.1) is 0 Å². The van der Waals surface area contributed by atoms with Crippen LogP contribution in [0.15, 0.2) is 12.4 Å². The summed E-state index contributed by atoms with van der Waals surface area (Å²) < 4.78 is 5.65. The molecule has 0 bridgehead atoms. The number of aromatic nitrogens is 2. The maximum atomic E-state index is 5.65. The van der Waals surface area contributed by atoms with Gasteiger partial charge in [0.2, 0.25) is 0 Å². The molecule has 0 spiro atoms. The highest BCUT2D eigenvalue weighted by atomic mass is 16.5. The third-order valence-electron chi connectivity index (χ3n) is 3.41. The van der Waals surface area contributed by atoms with E-state index in [1.807, 2.05) is 19.0 Å². The van der Waals surface area contributed by atoms with Crippen molar-refractivity contribution in [3.8, 4) is 0 Å². The zero-order chi connectivity index (χ0) is 13.7. The van der Waals surface area contributed by atoms with Gasteiger partial charge in [-0.2, -0.15) is 0 Å². The van der Waals surface area contributed by atoms with Gasteiger partial charge in [-0.25, -0.2) is 9.97 Å². The summed E-state index contributed by atoms with van der Waals surface area (Å²) >= 11 is 0. The van der Waals surface area contributed by atoms with Crippen molar-refractivity contribution in [2.45, 2.75) is 19.8 Å². The highest BCUT2D eigenvalue weighted by Gasteiger charge is 2.23. The van der Waals surface area contributed by atoms with Crippen LogP contribution in [0.1, 0.15) is 19.8 Å². The van der Waals surface area contributed by atoms with Gasteiger partial charge in [0.05, 0.1) is 6.61 Å². The van der Waals surface area contributed by atoms with E-state index in [2.05, 4.69) is 27.9 Å². The zero-order valence-electron chi connectivity index (χ0n) is 12.2. The Morgan fingerprint density at radius 1 is 1.42 bits per heavy atom. The summed E-state index contributed by atoms with van der Waals surface area (Å²) in [5.74, 6) is 2.61.